The first-order valence-electron chi connectivity index (χ1n) is 5.47. The third-order valence-electron chi connectivity index (χ3n) is 2.38. The van der Waals surface area contributed by atoms with Gasteiger partial charge in [0.25, 0.3) is 0 Å². The van der Waals surface area contributed by atoms with Crippen molar-refractivity contribution in [3.63, 3.8) is 0 Å². The number of aliphatic hydroxyl groups excluding tert-OH is 1. The molecule has 0 bridgehead atoms. The first kappa shape index (κ1) is 13.3. The lowest BCUT2D eigenvalue weighted by atomic mass is 10.0. The molecule has 2 heteroatoms. The highest BCUT2D eigenvalue weighted by Gasteiger charge is 2.14. The molecule has 0 aromatic heterocycles. The van der Waals surface area contributed by atoms with Crippen LogP contribution in [0.25, 0.3) is 0 Å². The van der Waals surface area contributed by atoms with Crippen molar-refractivity contribution in [2.24, 2.45) is 0 Å². The van der Waals surface area contributed by atoms with Crippen molar-refractivity contribution in [2.75, 3.05) is 6.61 Å². The molecule has 0 radical (unpaired) electrons. The highest BCUT2D eigenvalue weighted by molar-refractivity contribution is 5.38. The van der Waals surface area contributed by atoms with Gasteiger partial charge in [-0.25, -0.2) is 0 Å². The van der Waals surface area contributed by atoms with Crippen LogP contribution in [-0.2, 0) is 0 Å². The van der Waals surface area contributed by atoms with Gasteiger partial charge in [-0.05, 0) is 25.5 Å². The minimum atomic E-state index is -0.728. The molecule has 1 rings (SSSR count). The summed E-state index contributed by atoms with van der Waals surface area (Å²) < 4.78 is 5.59. The zero-order chi connectivity index (χ0) is 12.8. The Labute approximate surface area is 103 Å². The van der Waals surface area contributed by atoms with Crippen LogP contribution < -0.4 is 4.74 Å². The summed E-state index contributed by atoms with van der Waals surface area (Å²) in [5.74, 6) is 0.664. The van der Waals surface area contributed by atoms with Gasteiger partial charge in [0.05, 0.1) is 0 Å². The number of para-hydroxylation sites is 1. The van der Waals surface area contributed by atoms with Crippen LogP contribution in [0.3, 0.4) is 0 Å². The molecule has 0 aliphatic carbocycles. The van der Waals surface area contributed by atoms with Gasteiger partial charge in [0.15, 0.2) is 0 Å². The fourth-order valence-corrected chi connectivity index (χ4v) is 1.37. The van der Waals surface area contributed by atoms with E-state index in [1.165, 1.54) is 0 Å². The second-order valence-electron chi connectivity index (χ2n) is 4.05. The van der Waals surface area contributed by atoms with Gasteiger partial charge in [-0.1, -0.05) is 31.4 Å². The fourth-order valence-electron chi connectivity index (χ4n) is 1.37. The standard InChI is InChI=1S/C15H18O2/c1-5-12(4)15(16)13-8-6-7-9-14(13)17-10-11(2)3/h6-9,15-16H,1-2,10H2,3-4H3. The average molecular weight is 230 g/mol. The third-order valence-corrected chi connectivity index (χ3v) is 2.38. The van der Waals surface area contributed by atoms with Gasteiger partial charge in [-0.3, -0.25) is 0 Å². The molecule has 1 aromatic carbocycles. The molecule has 0 spiro atoms. The van der Waals surface area contributed by atoms with Crippen LogP contribution >= 0.6 is 0 Å². The van der Waals surface area contributed by atoms with E-state index in [0.29, 0.717) is 17.9 Å². The molecule has 1 unspecified atom stereocenters. The zero-order valence-corrected chi connectivity index (χ0v) is 10.4. The maximum Gasteiger partial charge on any atom is 0.125 e. The van der Waals surface area contributed by atoms with Crippen LogP contribution in [0.5, 0.6) is 5.75 Å². The number of hydrogen-bond donors (Lipinski definition) is 1. The van der Waals surface area contributed by atoms with Gasteiger partial charge in [-0.15, -0.1) is 5.73 Å². The summed E-state index contributed by atoms with van der Waals surface area (Å²) >= 11 is 0. The van der Waals surface area contributed by atoms with E-state index >= 15 is 0 Å². The van der Waals surface area contributed by atoms with Crippen molar-refractivity contribution >= 4 is 0 Å². The lowest BCUT2D eigenvalue weighted by Gasteiger charge is -2.15. The lowest BCUT2D eigenvalue weighted by molar-refractivity contribution is 0.208. The summed E-state index contributed by atoms with van der Waals surface area (Å²) in [6.07, 6.45) is -0.728. The van der Waals surface area contributed by atoms with Crippen molar-refractivity contribution < 1.29 is 9.84 Å². The van der Waals surface area contributed by atoms with Crippen LogP contribution in [0.1, 0.15) is 25.5 Å². The van der Waals surface area contributed by atoms with Gasteiger partial charge in [0.2, 0.25) is 0 Å². The summed E-state index contributed by atoms with van der Waals surface area (Å²) in [5.41, 5.74) is 5.04. The summed E-state index contributed by atoms with van der Waals surface area (Å²) in [5, 5.41) is 10.1. The molecule has 1 N–H and O–H groups in total. The number of ether oxygens (including phenoxy) is 1. The minimum Gasteiger partial charge on any atom is -0.489 e. The predicted molar refractivity (Wildman–Crippen MR) is 70.0 cm³/mol. The van der Waals surface area contributed by atoms with Crippen LogP contribution in [0.15, 0.2) is 54.3 Å². The largest absolute Gasteiger partial charge is 0.489 e. The SMILES string of the molecule is C=C=C(C)C(O)c1ccccc1OCC(=C)C. The Morgan fingerprint density at radius 1 is 1.41 bits per heavy atom. The fraction of sp³-hybridized carbons (Fsp3) is 0.267. The summed E-state index contributed by atoms with van der Waals surface area (Å²) in [7, 11) is 0. The Bertz CT molecular complexity index is 454. The first-order valence-corrected chi connectivity index (χ1v) is 5.47. The summed E-state index contributed by atoms with van der Waals surface area (Å²) in [6, 6.07) is 7.40. The van der Waals surface area contributed by atoms with Crippen LogP contribution in [0.4, 0.5) is 0 Å². The second kappa shape index (κ2) is 6.09. The maximum atomic E-state index is 10.1. The monoisotopic (exact) mass is 230 g/mol. The van der Waals surface area contributed by atoms with E-state index in [0.717, 1.165) is 11.1 Å². The van der Waals surface area contributed by atoms with Gasteiger partial charge >= 0.3 is 0 Å². The van der Waals surface area contributed by atoms with E-state index < -0.39 is 6.10 Å². The van der Waals surface area contributed by atoms with E-state index in [2.05, 4.69) is 18.9 Å². The van der Waals surface area contributed by atoms with Gasteiger partial charge in [0.1, 0.15) is 18.5 Å². The second-order valence-corrected chi connectivity index (χ2v) is 4.05. The molecule has 0 fully saturated rings. The maximum absolute atomic E-state index is 10.1. The Hall–Kier alpha value is -1.76. The molecule has 0 aliphatic rings. The van der Waals surface area contributed by atoms with E-state index in [1.807, 2.05) is 31.2 Å². The predicted octanol–water partition coefficient (Wildman–Crippen LogP) is 3.41. The molecular formula is C15H18O2. The molecule has 0 saturated heterocycles. The number of hydrogen-bond acceptors (Lipinski definition) is 2. The third kappa shape index (κ3) is 3.63. The van der Waals surface area contributed by atoms with Gasteiger partial charge in [-0.2, -0.15) is 0 Å². The summed E-state index contributed by atoms with van der Waals surface area (Å²) in [4.78, 5) is 0. The number of rotatable bonds is 5. The number of aliphatic hydroxyl groups is 1. The quantitative estimate of drug-likeness (QED) is 0.620. The molecule has 90 valence electrons. The van der Waals surface area contributed by atoms with Crippen LogP contribution in [0, 0.1) is 0 Å². The average Bonchev–Trinajstić information content (AvgIpc) is 2.34. The molecule has 0 aliphatic heterocycles. The molecule has 0 heterocycles. The minimum absolute atomic E-state index is 0.445. The normalized spacial score (nSPS) is 11.5. The van der Waals surface area contributed by atoms with Crippen molar-refractivity contribution in [2.45, 2.75) is 20.0 Å². The molecule has 0 saturated carbocycles. The first-order chi connectivity index (χ1) is 8.06. The zero-order valence-electron chi connectivity index (χ0n) is 10.4. The summed E-state index contributed by atoms with van der Waals surface area (Å²) in [6.45, 7) is 11.4. The number of benzene rings is 1. The van der Waals surface area contributed by atoms with E-state index in [1.54, 1.807) is 6.92 Å². The molecule has 17 heavy (non-hydrogen) atoms. The van der Waals surface area contributed by atoms with E-state index in [9.17, 15) is 5.11 Å². The molecule has 1 atom stereocenters. The molecule has 2 nitrogen and oxygen atoms in total. The van der Waals surface area contributed by atoms with Crippen molar-refractivity contribution in [1.82, 2.24) is 0 Å². The molecular weight excluding hydrogens is 212 g/mol. The smallest absolute Gasteiger partial charge is 0.125 e. The lowest BCUT2D eigenvalue weighted by Crippen LogP contribution is -2.05. The Morgan fingerprint density at radius 2 is 2.06 bits per heavy atom. The van der Waals surface area contributed by atoms with Crippen molar-refractivity contribution in [3.05, 3.63) is 59.9 Å². The Morgan fingerprint density at radius 3 is 2.65 bits per heavy atom. The Kier molecular flexibility index (Phi) is 4.77. The van der Waals surface area contributed by atoms with Crippen molar-refractivity contribution in [1.29, 1.82) is 0 Å². The topological polar surface area (TPSA) is 29.5 Å². The van der Waals surface area contributed by atoms with Crippen LogP contribution in [0.2, 0.25) is 0 Å². The van der Waals surface area contributed by atoms with Crippen LogP contribution in [-0.4, -0.2) is 11.7 Å². The molecule has 0 amide bonds. The van der Waals surface area contributed by atoms with Crippen molar-refractivity contribution in [3.8, 4) is 5.75 Å². The molecule has 1 aromatic rings. The van der Waals surface area contributed by atoms with Gasteiger partial charge in [0, 0.05) is 11.1 Å². The van der Waals surface area contributed by atoms with E-state index in [-0.39, 0.29) is 0 Å². The highest BCUT2D eigenvalue weighted by Crippen LogP contribution is 2.29. The van der Waals surface area contributed by atoms with Gasteiger partial charge < -0.3 is 9.84 Å². The Balaban J connectivity index is 2.99. The highest BCUT2D eigenvalue weighted by atomic mass is 16.5. The van der Waals surface area contributed by atoms with E-state index in [4.69, 9.17) is 4.74 Å².